The van der Waals surface area contributed by atoms with E-state index >= 15 is 0 Å². The Kier molecular flexibility index (Phi) is 3.19. The highest BCUT2D eigenvalue weighted by molar-refractivity contribution is 5.89. The second-order valence-electron chi connectivity index (χ2n) is 3.90. The molecule has 16 heavy (non-hydrogen) atoms. The largest absolute Gasteiger partial charge is 0.453 e. The van der Waals surface area contributed by atoms with Gasteiger partial charge in [-0.2, -0.15) is 0 Å². The maximum Gasteiger partial charge on any atom is 0.338 e. The van der Waals surface area contributed by atoms with Gasteiger partial charge in [-0.05, 0) is 12.1 Å². The molecule has 0 saturated carbocycles. The summed E-state index contributed by atoms with van der Waals surface area (Å²) in [5.74, 6) is -0.617. The molecule has 0 radical (unpaired) electrons. The first kappa shape index (κ1) is 11.1. The maximum absolute atomic E-state index is 13.2. The van der Waals surface area contributed by atoms with Crippen molar-refractivity contribution in [2.75, 3.05) is 6.61 Å². The van der Waals surface area contributed by atoms with Crippen LogP contribution in [0.3, 0.4) is 0 Å². The van der Waals surface area contributed by atoms with Crippen molar-refractivity contribution in [3.63, 3.8) is 0 Å². The van der Waals surface area contributed by atoms with Crippen molar-refractivity contribution >= 4 is 5.97 Å². The zero-order chi connectivity index (χ0) is 11.5. The van der Waals surface area contributed by atoms with Crippen molar-refractivity contribution in [3.8, 4) is 0 Å². The smallest absolute Gasteiger partial charge is 0.338 e. The lowest BCUT2D eigenvalue weighted by atomic mass is 10.1. The highest BCUT2D eigenvalue weighted by Gasteiger charge is 2.37. The van der Waals surface area contributed by atoms with Crippen molar-refractivity contribution in [2.45, 2.75) is 19.4 Å². The van der Waals surface area contributed by atoms with E-state index in [4.69, 9.17) is 9.47 Å². The molecule has 2 rings (SSSR count). The van der Waals surface area contributed by atoms with Crippen LogP contribution in [0.15, 0.2) is 30.3 Å². The number of benzene rings is 1. The fraction of sp³-hybridized carbons (Fsp3) is 0.417. The zero-order valence-corrected chi connectivity index (χ0v) is 8.93. The molecule has 1 aromatic rings. The topological polar surface area (TPSA) is 35.5 Å². The summed E-state index contributed by atoms with van der Waals surface area (Å²) in [5, 5.41) is 0. The number of carbonyl (C=O) groups is 1. The lowest BCUT2D eigenvalue weighted by Gasteiger charge is -2.16. The van der Waals surface area contributed by atoms with E-state index in [0.717, 1.165) is 0 Å². The van der Waals surface area contributed by atoms with Crippen molar-refractivity contribution in [1.29, 1.82) is 0 Å². The fourth-order valence-electron chi connectivity index (χ4n) is 1.63. The van der Waals surface area contributed by atoms with Gasteiger partial charge in [0, 0.05) is 5.92 Å². The van der Waals surface area contributed by atoms with Crippen LogP contribution in [0.25, 0.3) is 0 Å². The van der Waals surface area contributed by atoms with Gasteiger partial charge in [0.15, 0.2) is 6.10 Å². The molecule has 0 spiro atoms. The summed E-state index contributed by atoms with van der Waals surface area (Å²) in [4.78, 5) is 11.6. The third-order valence-corrected chi connectivity index (χ3v) is 2.59. The van der Waals surface area contributed by atoms with E-state index in [2.05, 4.69) is 0 Å². The molecule has 1 saturated heterocycles. The van der Waals surface area contributed by atoms with E-state index in [1.54, 1.807) is 37.3 Å². The molecule has 86 valence electrons. The van der Waals surface area contributed by atoms with Crippen LogP contribution in [-0.4, -0.2) is 25.0 Å². The maximum atomic E-state index is 13.2. The molecule has 0 aromatic heterocycles. The third kappa shape index (κ3) is 2.22. The Labute approximate surface area is 93.2 Å². The van der Waals surface area contributed by atoms with Crippen molar-refractivity contribution in [3.05, 3.63) is 35.9 Å². The van der Waals surface area contributed by atoms with Crippen molar-refractivity contribution < 1.29 is 18.7 Å². The van der Waals surface area contributed by atoms with E-state index in [9.17, 15) is 9.18 Å². The molecule has 1 aromatic carbocycles. The van der Waals surface area contributed by atoms with Crippen molar-refractivity contribution in [1.82, 2.24) is 0 Å². The summed E-state index contributed by atoms with van der Waals surface area (Å²) in [6, 6.07) is 8.54. The Morgan fingerprint density at radius 2 is 2.12 bits per heavy atom. The monoisotopic (exact) mass is 224 g/mol. The van der Waals surface area contributed by atoms with Gasteiger partial charge in [-0.25, -0.2) is 9.18 Å². The molecule has 3 atom stereocenters. The van der Waals surface area contributed by atoms with Crippen LogP contribution in [0.5, 0.6) is 0 Å². The van der Waals surface area contributed by atoms with Gasteiger partial charge in [0.25, 0.3) is 0 Å². The minimum Gasteiger partial charge on any atom is -0.453 e. The lowest BCUT2D eigenvalue weighted by molar-refractivity contribution is -0.0620. The first-order valence-corrected chi connectivity index (χ1v) is 5.20. The number of alkyl halides is 1. The lowest BCUT2D eigenvalue weighted by Crippen LogP contribution is -2.28. The van der Waals surface area contributed by atoms with Gasteiger partial charge in [0.05, 0.1) is 12.2 Å². The highest BCUT2D eigenvalue weighted by Crippen LogP contribution is 2.24. The van der Waals surface area contributed by atoms with Gasteiger partial charge < -0.3 is 9.47 Å². The average molecular weight is 224 g/mol. The normalized spacial score (nSPS) is 29.0. The Bertz CT molecular complexity index is 356. The molecular weight excluding hydrogens is 211 g/mol. The molecule has 1 aliphatic heterocycles. The Hall–Kier alpha value is -1.42. The second kappa shape index (κ2) is 4.61. The molecule has 3 nitrogen and oxygen atoms in total. The molecule has 1 fully saturated rings. The predicted octanol–water partition coefficient (Wildman–Crippen LogP) is 2.17. The summed E-state index contributed by atoms with van der Waals surface area (Å²) in [7, 11) is 0. The van der Waals surface area contributed by atoms with Gasteiger partial charge in [0.1, 0.15) is 0 Å². The number of rotatable bonds is 2. The van der Waals surface area contributed by atoms with E-state index in [-0.39, 0.29) is 12.5 Å². The highest BCUT2D eigenvalue weighted by atomic mass is 19.1. The molecule has 0 bridgehead atoms. The first-order chi connectivity index (χ1) is 7.68. The molecule has 4 heteroatoms. The van der Waals surface area contributed by atoms with E-state index in [1.165, 1.54) is 0 Å². The first-order valence-electron chi connectivity index (χ1n) is 5.20. The Balaban J connectivity index is 2.02. The predicted molar refractivity (Wildman–Crippen MR) is 55.7 cm³/mol. The summed E-state index contributed by atoms with van der Waals surface area (Å²) in [6.07, 6.45) is -2.31. The Morgan fingerprint density at radius 1 is 1.44 bits per heavy atom. The van der Waals surface area contributed by atoms with Gasteiger partial charge in [-0.15, -0.1) is 0 Å². The number of hydrogen-bond donors (Lipinski definition) is 0. The van der Waals surface area contributed by atoms with Gasteiger partial charge >= 0.3 is 5.97 Å². The molecule has 3 unspecified atom stereocenters. The van der Waals surface area contributed by atoms with Crippen molar-refractivity contribution in [2.24, 2.45) is 5.92 Å². The molecule has 0 aliphatic carbocycles. The van der Waals surface area contributed by atoms with Gasteiger partial charge in [-0.1, -0.05) is 25.1 Å². The number of esters is 1. The van der Waals surface area contributed by atoms with E-state index < -0.39 is 18.4 Å². The minimum atomic E-state index is -1.51. The fourth-order valence-corrected chi connectivity index (χ4v) is 1.63. The number of halogens is 1. The van der Waals surface area contributed by atoms with Crippen LogP contribution in [0, 0.1) is 5.92 Å². The molecule has 0 N–H and O–H groups in total. The summed E-state index contributed by atoms with van der Waals surface area (Å²) in [6.45, 7) is 2.08. The van der Waals surface area contributed by atoms with Crippen LogP contribution in [0.4, 0.5) is 4.39 Å². The number of ether oxygens (including phenoxy) is 2. The van der Waals surface area contributed by atoms with Crippen LogP contribution in [0.1, 0.15) is 17.3 Å². The average Bonchev–Trinajstić information content (AvgIpc) is 2.62. The van der Waals surface area contributed by atoms with E-state index in [0.29, 0.717) is 5.56 Å². The van der Waals surface area contributed by atoms with Crippen LogP contribution in [-0.2, 0) is 9.47 Å². The SMILES string of the molecule is CC1COC(F)C1OC(=O)c1ccccc1. The Morgan fingerprint density at radius 3 is 2.69 bits per heavy atom. The number of carbonyl (C=O) groups excluding carboxylic acids is 1. The van der Waals surface area contributed by atoms with Crippen LogP contribution < -0.4 is 0 Å². The van der Waals surface area contributed by atoms with Gasteiger partial charge in [-0.3, -0.25) is 0 Å². The standard InChI is InChI=1S/C12H13FO3/c1-8-7-15-11(13)10(8)16-12(14)9-5-3-2-4-6-9/h2-6,8,10-11H,7H2,1H3. The zero-order valence-electron chi connectivity index (χ0n) is 8.93. The third-order valence-electron chi connectivity index (χ3n) is 2.59. The summed E-state index contributed by atoms with van der Waals surface area (Å²) >= 11 is 0. The molecular formula is C12H13FO3. The second-order valence-corrected chi connectivity index (χ2v) is 3.90. The molecule has 0 amide bonds. The van der Waals surface area contributed by atoms with Crippen LogP contribution in [0.2, 0.25) is 0 Å². The molecule has 1 heterocycles. The molecule has 1 aliphatic rings. The van der Waals surface area contributed by atoms with E-state index in [1.807, 2.05) is 0 Å². The number of hydrogen-bond acceptors (Lipinski definition) is 3. The van der Waals surface area contributed by atoms with Gasteiger partial charge in [0.2, 0.25) is 6.36 Å². The summed E-state index contributed by atoms with van der Waals surface area (Å²) < 4.78 is 23.1. The summed E-state index contributed by atoms with van der Waals surface area (Å²) in [5.41, 5.74) is 0.425. The minimum absolute atomic E-state index is 0.109. The quantitative estimate of drug-likeness (QED) is 0.722. The van der Waals surface area contributed by atoms with Crippen LogP contribution >= 0.6 is 0 Å².